The third kappa shape index (κ3) is 4.47. The second kappa shape index (κ2) is 8.75. The van der Waals surface area contributed by atoms with Crippen LogP contribution in [-0.2, 0) is 0 Å². The zero-order valence-electron chi connectivity index (χ0n) is 17.3. The van der Waals surface area contributed by atoms with Gasteiger partial charge in [-0.2, -0.15) is 0 Å². The van der Waals surface area contributed by atoms with E-state index in [2.05, 4.69) is 59.5 Å². The van der Waals surface area contributed by atoms with Crippen LogP contribution in [-0.4, -0.2) is 44.2 Å². The molecule has 1 N–H and O–H groups in total. The molecule has 1 aromatic carbocycles. The first kappa shape index (κ1) is 19.6. The number of benzene rings is 1. The minimum absolute atomic E-state index is 0.00167. The largest absolute Gasteiger partial charge is 0.390 e. The normalized spacial score (nSPS) is 25.9. The van der Waals surface area contributed by atoms with Crippen molar-refractivity contribution in [2.24, 2.45) is 0 Å². The zero-order valence-corrected chi connectivity index (χ0v) is 17.3. The van der Waals surface area contributed by atoms with E-state index in [0.29, 0.717) is 18.5 Å². The van der Waals surface area contributed by atoms with Crippen molar-refractivity contribution < 1.29 is 5.11 Å². The molecular weight excluding hydrogens is 348 g/mol. The van der Waals surface area contributed by atoms with Gasteiger partial charge in [0.25, 0.3) is 0 Å². The molecule has 2 fully saturated rings. The summed E-state index contributed by atoms with van der Waals surface area (Å²) in [6, 6.07) is 9.23. The maximum absolute atomic E-state index is 10.9. The van der Waals surface area contributed by atoms with Crippen LogP contribution in [0.15, 0.2) is 30.5 Å². The highest BCUT2D eigenvalue weighted by molar-refractivity contribution is 5.25. The lowest BCUT2D eigenvalue weighted by atomic mass is 9.89. The van der Waals surface area contributed by atoms with E-state index < -0.39 is 6.10 Å². The number of hydrogen-bond donors (Lipinski definition) is 1. The molecular formula is C23H34N4O. The number of piperidine rings is 1. The van der Waals surface area contributed by atoms with E-state index >= 15 is 0 Å². The number of likely N-dealkylation sites (tertiary alicyclic amines) is 1. The lowest BCUT2D eigenvalue weighted by Crippen LogP contribution is -2.46. The molecule has 1 saturated carbocycles. The van der Waals surface area contributed by atoms with Crippen molar-refractivity contribution in [2.45, 2.75) is 82.9 Å². The lowest BCUT2D eigenvalue weighted by Gasteiger charge is -2.42. The van der Waals surface area contributed by atoms with Gasteiger partial charge in [0.2, 0.25) is 0 Å². The monoisotopic (exact) mass is 382 g/mol. The highest BCUT2D eigenvalue weighted by Crippen LogP contribution is 2.40. The van der Waals surface area contributed by atoms with Crippen LogP contribution in [0.5, 0.6) is 0 Å². The van der Waals surface area contributed by atoms with Gasteiger partial charge in [0.05, 0.1) is 17.8 Å². The van der Waals surface area contributed by atoms with E-state index in [0.717, 1.165) is 18.7 Å². The van der Waals surface area contributed by atoms with E-state index in [1.807, 2.05) is 4.68 Å². The highest BCUT2D eigenvalue weighted by atomic mass is 16.3. The molecule has 28 heavy (non-hydrogen) atoms. The van der Waals surface area contributed by atoms with Crippen molar-refractivity contribution in [1.82, 2.24) is 19.9 Å². The molecule has 0 spiro atoms. The molecule has 1 aliphatic carbocycles. The number of aromatic nitrogens is 3. The summed E-state index contributed by atoms with van der Waals surface area (Å²) in [7, 11) is 0. The highest BCUT2D eigenvalue weighted by Gasteiger charge is 2.37. The van der Waals surface area contributed by atoms with Crippen molar-refractivity contribution in [2.75, 3.05) is 13.1 Å². The summed E-state index contributed by atoms with van der Waals surface area (Å²) < 4.78 is 1.94. The van der Waals surface area contributed by atoms with Crippen LogP contribution in [0.2, 0.25) is 0 Å². The van der Waals surface area contributed by atoms with Crippen molar-refractivity contribution >= 4 is 0 Å². The second-order valence-corrected chi connectivity index (χ2v) is 8.75. The van der Waals surface area contributed by atoms with Crippen LogP contribution < -0.4 is 0 Å². The molecule has 1 saturated heterocycles. The summed E-state index contributed by atoms with van der Waals surface area (Å²) in [5.41, 5.74) is 3.73. The van der Waals surface area contributed by atoms with Gasteiger partial charge in [-0.1, -0.05) is 61.2 Å². The van der Waals surface area contributed by atoms with Gasteiger partial charge in [0.1, 0.15) is 0 Å². The van der Waals surface area contributed by atoms with Crippen molar-refractivity contribution in [3.8, 4) is 0 Å². The SMILES string of the molecule is CCCCCCN1C[C@@H](O)[C@H](n2cc(C3CC3)nn2)C[C@@H]1c1ccc(C)cc1. The molecule has 0 unspecified atom stereocenters. The summed E-state index contributed by atoms with van der Waals surface area (Å²) in [5, 5.41) is 19.7. The molecule has 2 aromatic rings. The fourth-order valence-electron chi connectivity index (χ4n) is 4.45. The Morgan fingerprint density at radius 2 is 1.89 bits per heavy atom. The molecule has 0 radical (unpaired) electrons. The van der Waals surface area contributed by atoms with Crippen molar-refractivity contribution in [3.05, 3.63) is 47.3 Å². The molecule has 3 atom stereocenters. The van der Waals surface area contributed by atoms with E-state index in [9.17, 15) is 5.11 Å². The average Bonchev–Trinajstić information content (AvgIpc) is 3.44. The quantitative estimate of drug-likeness (QED) is 0.688. The standard InChI is InChI=1S/C23H34N4O/c1-3-4-5-6-13-26-16-23(28)22(27-15-20(24-25-27)18-11-12-18)14-21(26)19-9-7-17(2)8-10-19/h7-10,15,18,21-23,28H,3-6,11-14,16H2,1-2H3/t21-,22-,23-/m1/s1. The van der Waals surface area contributed by atoms with Crippen LogP contribution in [0.25, 0.3) is 0 Å². The van der Waals surface area contributed by atoms with Crippen LogP contribution >= 0.6 is 0 Å². The molecule has 1 aromatic heterocycles. The lowest BCUT2D eigenvalue weighted by molar-refractivity contribution is -0.0102. The van der Waals surface area contributed by atoms with Gasteiger partial charge < -0.3 is 5.11 Å². The maximum atomic E-state index is 10.9. The number of hydrogen-bond acceptors (Lipinski definition) is 4. The summed E-state index contributed by atoms with van der Waals surface area (Å²) in [5.74, 6) is 0.595. The van der Waals surface area contributed by atoms with Gasteiger partial charge >= 0.3 is 0 Å². The van der Waals surface area contributed by atoms with E-state index in [1.165, 1.54) is 49.7 Å². The molecule has 1 aliphatic heterocycles. The Kier molecular flexibility index (Phi) is 6.12. The van der Waals surface area contributed by atoms with Gasteiger partial charge in [-0.25, -0.2) is 4.68 Å². The predicted molar refractivity (Wildman–Crippen MR) is 111 cm³/mol. The van der Waals surface area contributed by atoms with E-state index in [4.69, 9.17) is 0 Å². The zero-order chi connectivity index (χ0) is 19.5. The maximum Gasteiger partial charge on any atom is 0.0892 e. The molecule has 0 amide bonds. The number of aryl methyl sites for hydroxylation is 1. The van der Waals surface area contributed by atoms with Gasteiger partial charge in [-0.3, -0.25) is 4.90 Å². The van der Waals surface area contributed by atoms with Crippen LogP contribution in [0.4, 0.5) is 0 Å². The van der Waals surface area contributed by atoms with Gasteiger partial charge in [-0.05, 0) is 44.7 Å². The average molecular weight is 383 g/mol. The Bertz CT molecular complexity index is 752. The topological polar surface area (TPSA) is 54.2 Å². The number of unbranched alkanes of at least 4 members (excludes halogenated alkanes) is 3. The first-order valence-electron chi connectivity index (χ1n) is 11.1. The summed E-state index contributed by atoms with van der Waals surface area (Å²) >= 11 is 0. The molecule has 152 valence electrons. The Labute approximate surface area is 168 Å². The molecule has 0 bridgehead atoms. The Hall–Kier alpha value is -1.72. The smallest absolute Gasteiger partial charge is 0.0892 e. The van der Waals surface area contributed by atoms with Crippen molar-refractivity contribution in [1.29, 1.82) is 0 Å². The van der Waals surface area contributed by atoms with Gasteiger partial charge in [0.15, 0.2) is 0 Å². The van der Waals surface area contributed by atoms with Gasteiger partial charge in [0, 0.05) is 24.7 Å². The molecule has 2 aliphatic rings. The Balaban J connectivity index is 1.52. The van der Waals surface area contributed by atoms with Crippen LogP contribution in [0.1, 0.15) is 86.7 Å². The Morgan fingerprint density at radius 3 is 2.61 bits per heavy atom. The van der Waals surface area contributed by atoms with Crippen LogP contribution in [0, 0.1) is 6.92 Å². The van der Waals surface area contributed by atoms with E-state index in [1.54, 1.807) is 0 Å². The molecule has 5 nitrogen and oxygen atoms in total. The van der Waals surface area contributed by atoms with Crippen LogP contribution in [0.3, 0.4) is 0 Å². The minimum Gasteiger partial charge on any atom is -0.390 e. The third-order valence-electron chi connectivity index (χ3n) is 6.40. The number of aliphatic hydroxyl groups excluding tert-OH is 1. The minimum atomic E-state index is -0.401. The number of rotatable bonds is 8. The predicted octanol–water partition coefficient (Wildman–Crippen LogP) is 4.39. The molecule has 5 heteroatoms. The summed E-state index contributed by atoms with van der Waals surface area (Å²) in [4.78, 5) is 2.49. The summed E-state index contributed by atoms with van der Waals surface area (Å²) in [6.07, 6.45) is 10.0. The molecule has 4 rings (SSSR count). The number of β-amino-alcohol motifs (C(OH)–C–C–N with tert-alkyl or cyclic N) is 1. The number of nitrogens with zero attached hydrogens (tertiary/aromatic N) is 4. The Morgan fingerprint density at radius 1 is 1.11 bits per heavy atom. The van der Waals surface area contributed by atoms with E-state index in [-0.39, 0.29) is 6.04 Å². The third-order valence-corrected chi connectivity index (χ3v) is 6.40. The van der Waals surface area contributed by atoms with Gasteiger partial charge in [-0.15, -0.1) is 5.10 Å². The first-order valence-corrected chi connectivity index (χ1v) is 11.1. The summed E-state index contributed by atoms with van der Waals surface area (Å²) in [6.45, 7) is 6.13. The fraction of sp³-hybridized carbons (Fsp3) is 0.652. The number of aliphatic hydroxyl groups is 1. The second-order valence-electron chi connectivity index (χ2n) is 8.75. The van der Waals surface area contributed by atoms with Crippen molar-refractivity contribution in [3.63, 3.8) is 0 Å². The molecule has 2 heterocycles. The first-order chi connectivity index (χ1) is 13.7. The fourth-order valence-corrected chi connectivity index (χ4v) is 4.45.